The molecule has 3 N–H and O–H groups in total. The number of hydrogen-bond donors (Lipinski definition) is 2. The third-order valence-corrected chi connectivity index (χ3v) is 3.84. The fourth-order valence-electron chi connectivity index (χ4n) is 2.47. The van der Waals surface area contributed by atoms with Crippen LogP contribution in [0.15, 0.2) is 28.7 Å². The standard InChI is InChI=1S/C14H17N3O3/c15-12(18)14(5-7-19-8-6-14)9-16-13-17-10-3-1-2-4-11(10)20-13/h1-4H,5-9H2,(H2,15,18)(H,16,17). The van der Waals surface area contributed by atoms with Crippen LogP contribution in [-0.2, 0) is 9.53 Å². The Morgan fingerprint density at radius 3 is 2.80 bits per heavy atom. The fraction of sp³-hybridized carbons (Fsp3) is 0.429. The van der Waals surface area contributed by atoms with Crippen LogP contribution in [0.25, 0.3) is 11.1 Å². The summed E-state index contributed by atoms with van der Waals surface area (Å²) in [7, 11) is 0. The zero-order valence-electron chi connectivity index (χ0n) is 11.1. The number of ether oxygens (including phenoxy) is 1. The second-order valence-corrected chi connectivity index (χ2v) is 5.10. The molecule has 0 bridgehead atoms. The van der Waals surface area contributed by atoms with E-state index in [1.165, 1.54) is 0 Å². The average molecular weight is 275 g/mol. The first-order valence-corrected chi connectivity index (χ1v) is 6.67. The lowest BCUT2D eigenvalue weighted by Gasteiger charge is -2.33. The highest BCUT2D eigenvalue weighted by Crippen LogP contribution is 2.31. The van der Waals surface area contributed by atoms with Crippen LogP contribution in [0.3, 0.4) is 0 Å². The minimum absolute atomic E-state index is 0.301. The summed E-state index contributed by atoms with van der Waals surface area (Å²) < 4.78 is 10.9. The van der Waals surface area contributed by atoms with E-state index in [1.54, 1.807) is 0 Å². The van der Waals surface area contributed by atoms with E-state index in [0.717, 1.165) is 11.1 Å². The molecule has 1 amide bonds. The summed E-state index contributed by atoms with van der Waals surface area (Å²) in [6.45, 7) is 1.52. The van der Waals surface area contributed by atoms with Crippen molar-refractivity contribution in [3.63, 3.8) is 0 Å². The Hall–Kier alpha value is -2.08. The normalized spacial score (nSPS) is 18.0. The number of nitrogens with one attached hydrogen (secondary N) is 1. The first-order chi connectivity index (χ1) is 9.70. The number of benzene rings is 1. The Kier molecular flexibility index (Phi) is 3.31. The second kappa shape index (κ2) is 5.13. The lowest BCUT2D eigenvalue weighted by atomic mass is 9.79. The van der Waals surface area contributed by atoms with Crippen molar-refractivity contribution in [3.05, 3.63) is 24.3 Å². The van der Waals surface area contributed by atoms with Crippen LogP contribution in [-0.4, -0.2) is 30.6 Å². The summed E-state index contributed by atoms with van der Waals surface area (Å²) >= 11 is 0. The van der Waals surface area contributed by atoms with Crippen molar-refractivity contribution in [2.24, 2.45) is 11.1 Å². The maximum atomic E-state index is 11.7. The van der Waals surface area contributed by atoms with Gasteiger partial charge in [0.25, 0.3) is 6.01 Å². The molecular formula is C14H17N3O3. The number of nitrogens with two attached hydrogens (primary N) is 1. The number of primary amides is 1. The lowest BCUT2D eigenvalue weighted by Crippen LogP contribution is -2.46. The molecule has 6 heteroatoms. The fourth-order valence-corrected chi connectivity index (χ4v) is 2.47. The number of carbonyl (C=O) groups excluding carboxylic acids is 1. The number of aromatic nitrogens is 1. The predicted molar refractivity (Wildman–Crippen MR) is 74.2 cm³/mol. The van der Waals surface area contributed by atoms with Crippen LogP contribution < -0.4 is 11.1 Å². The van der Waals surface area contributed by atoms with Gasteiger partial charge in [0.1, 0.15) is 5.52 Å². The van der Waals surface area contributed by atoms with Gasteiger partial charge < -0.3 is 20.2 Å². The van der Waals surface area contributed by atoms with Crippen LogP contribution in [0.4, 0.5) is 6.01 Å². The molecule has 20 heavy (non-hydrogen) atoms. The number of anilines is 1. The van der Waals surface area contributed by atoms with E-state index in [0.29, 0.717) is 38.6 Å². The molecule has 1 aromatic heterocycles. The maximum absolute atomic E-state index is 11.7. The van der Waals surface area contributed by atoms with Gasteiger partial charge in [-0.1, -0.05) is 12.1 Å². The van der Waals surface area contributed by atoms with Gasteiger partial charge in [-0.25, -0.2) is 0 Å². The maximum Gasteiger partial charge on any atom is 0.295 e. The van der Waals surface area contributed by atoms with Crippen molar-refractivity contribution in [1.82, 2.24) is 4.98 Å². The zero-order valence-corrected chi connectivity index (χ0v) is 11.1. The number of rotatable bonds is 4. The largest absolute Gasteiger partial charge is 0.424 e. The molecule has 106 valence electrons. The van der Waals surface area contributed by atoms with Gasteiger partial charge in [-0.15, -0.1) is 0 Å². The number of nitrogens with zero attached hydrogens (tertiary/aromatic N) is 1. The molecule has 1 saturated heterocycles. The Morgan fingerprint density at radius 1 is 1.35 bits per heavy atom. The van der Waals surface area contributed by atoms with Gasteiger partial charge in [-0.05, 0) is 25.0 Å². The highest BCUT2D eigenvalue weighted by atomic mass is 16.5. The third kappa shape index (κ3) is 2.34. The first kappa shape index (κ1) is 12.9. The van der Waals surface area contributed by atoms with E-state index in [1.807, 2.05) is 24.3 Å². The van der Waals surface area contributed by atoms with Crippen LogP contribution in [0.5, 0.6) is 0 Å². The number of amides is 1. The smallest absolute Gasteiger partial charge is 0.295 e. The lowest BCUT2D eigenvalue weighted by molar-refractivity contribution is -0.132. The van der Waals surface area contributed by atoms with Gasteiger partial charge in [0.2, 0.25) is 5.91 Å². The predicted octanol–water partition coefficient (Wildman–Crippen LogP) is 1.52. The van der Waals surface area contributed by atoms with Gasteiger partial charge in [0, 0.05) is 19.8 Å². The topological polar surface area (TPSA) is 90.4 Å². The van der Waals surface area contributed by atoms with Crippen LogP contribution in [0.2, 0.25) is 0 Å². The summed E-state index contributed by atoms with van der Waals surface area (Å²) in [4.78, 5) is 16.1. The van der Waals surface area contributed by atoms with Crippen molar-refractivity contribution >= 4 is 23.0 Å². The molecule has 0 aliphatic carbocycles. The SMILES string of the molecule is NC(=O)C1(CNc2nc3ccccc3o2)CCOCC1. The Bertz CT molecular complexity index is 584. The molecule has 0 radical (unpaired) electrons. The van der Waals surface area contributed by atoms with Gasteiger partial charge in [-0.2, -0.15) is 4.98 Å². The van der Waals surface area contributed by atoms with Crippen molar-refractivity contribution in [1.29, 1.82) is 0 Å². The number of oxazole rings is 1. The molecule has 0 spiro atoms. The van der Waals surface area contributed by atoms with E-state index >= 15 is 0 Å². The number of fused-ring (bicyclic) bond motifs is 1. The van der Waals surface area contributed by atoms with E-state index in [4.69, 9.17) is 14.9 Å². The zero-order chi connectivity index (χ0) is 14.0. The molecule has 3 rings (SSSR count). The van der Waals surface area contributed by atoms with Crippen molar-refractivity contribution in [2.45, 2.75) is 12.8 Å². The highest BCUT2D eigenvalue weighted by molar-refractivity contribution is 5.81. The Balaban J connectivity index is 1.75. The van der Waals surface area contributed by atoms with Gasteiger partial charge >= 0.3 is 0 Å². The molecule has 1 aliphatic heterocycles. The molecule has 1 fully saturated rings. The van der Waals surface area contributed by atoms with Crippen molar-refractivity contribution in [3.8, 4) is 0 Å². The molecule has 0 saturated carbocycles. The van der Waals surface area contributed by atoms with Crippen LogP contribution in [0, 0.1) is 5.41 Å². The first-order valence-electron chi connectivity index (χ1n) is 6.67. The van der Waals surface area contributed by atoms with E-state index in [2.05, 4.69) is 10.3 Å². The monoisotopic (exact) mass is 275 g/mol. The molecule has 0 unspecified atom stereocenters. The minimum Gasteiger partial charge on any atom is -0.424 e. The molecule has 0 atom stereocenters. The van der Waals surface area contributed by atoms with Crippen molar-refractivity contribution < 1.29 is 13.9 Å². The van der Waals surface area contributed by atoms with Crippen molar-refractivity contribution in [2.75, 3.05) is 25.1 Å². The van der Waals surface area contributed by atoms with E-state index < -0.39 is 5.41 Å². The Labute approximate surface area is 116 Å². The van der Waals surface area contributed by atoms with Crippen LogP contribution in [0.1, 0.15) is 12.8 Å². The summed E-state index contributed by atoms with van der Waals surface area (Å²) in [6, 6.07) is 7.94. The van der Waals surface area contributed by atoms with E-state index in [-0.39, 0.29) is 5.91 Å². The third-order valence-electron chi connectivity index (χ3n) is 3.84. The van der Waals surface area contributed by atoms with Gasteiger partial charge in [-0.3, -0.25) is 4.79 Å². The molecule has 2 aromatic rings. The molecule has 2 heterocycles. The van der Waals surface area contributed by atoms with Gasteiger partial charge in [0.05, 0.1) is 5.41 Å². The molecule has 1 aliphatic rings. The molecule has 1 aromatic carbocycles. The minimum atomic E-state index is -0.584. The van der Waals surface area contributed by atoms with Gasteiger partial charge in [0.15, 0.2) is 5.58 Å². The second-order valence-electron chi connectivity index (χ2n) is 5.10. The van der Waals surface area contributed by atoms with E-state index in [9.17, 15) is 4.79 Å². The van der Waals surface area contributed by atoms with Crippen LogP contribution >= 0.6 is 0 Å². The molecule has 6 nitrogen and oxygen atoms in total. The quantitative estimate of drug-likeness (QED) is 0.883. The molecular weight excluding hydrogens is 258 g/mol. The summed E-state index contributed by atoms with van der Waals surface area (Å²) in [5.74, 6) is -0.301. The number of para-hydroxylation sites is 2. The Morgan fingerprint density at radius 2 is 2.10 bits per heavy atom. The highest BCUT2D eigenvalue weighted by Gasteiger charge is 2.38. The number of hydrogen-bond acceptors (Lipinski definition) is 5. The number of carbonyl (C=O) groups is 1. The summed E-state index contributed by atoms with van der Waals surface area (Å²) in [5.41, 5.74) is 6.48. The summed E-state index contributed by atoms with van der Waals surface area (Å²) in [5, 5.41) is 3.09. The summed E-state index contributed by atoms with van der Waals surface area (Å²) in [6.07, 6.45) is 1.24. The average Bonchev–Trinajstić information content (AvgIpc) is 2.89.